The van der Waals surface area contributed by atoms with Crippen LogP contribution in [-0.4, -0.2) is 22.4 Å². The highest BCUT2D eigenvalue weighted by atomic mass is 32.1. The van der Waals surface area contributed by atoms with E-state index in [1.54, 1.807) is 35.3 Å². The number of ether oxygens (including phenoxy) is 1. The van der Waals surface area contributed by atoms with E-state index in [0.717, 1.165) is 0 Å². The molecule has 0 saturated heterocycles. The highest BCUT2D eigenvalue weighted by molar-refractivity contribution is 7.10. The Hall–Kier alpha value is -1.62. The highest BCUT2D eigenvalue weighted by Gasteiger charge is 2.14. The summed E-state index contributed by atoms with van der Waals surface area (Å²) in [6.07, 6.45) is 3.27. The fourth-order valence-electron chi connectivity index (χ4n) is 1.53. The van der Waals surface area contributed by atoms with Crippen LogP contribution in [0, 0.1) is 0 Å². The Kier molecular flexibility index (Phi) is 3.58. The molecule has 0 amide bonds. The first kappa shape index (κ1) is 11.9. The van der Waals surface area contributed by atoms with E-state index in [1.807, 2.05) is 18.4 Å². The molecule has 0 spiro atoms. The van der Waals surface area contributed by atoms with Crippen molar-refractivity contribution < 1.29 is 9.53 Å². The molecule has 0 aliphatic carbocycles. The van der Waals surface area contributed by atoms with E-state index in [0.29, 0.717) is 12.2 Å². The largest absolute Gasteiger partial charge is 0.462 e. The maximum Gasteiger partial charge on any atom is 0.341 e. The van der Waals surface area contributed by atoms with Gasteiger partial charge in [-0.1, -0.05) is 6.07 Å². The van der Waals surface area contributed by atoms with Crippen molar-refractivity contribution in [3.05, 3.63) is 40.3 Å². The molecule has 1 unspecified atom stereocenters. The van der Waals surface area contributed by atoms with Crippen LogP contribution in [-0.2, 0) is 4.74 Å². The van der Waals surface area contributed by atoms with Gasteiger partial charge in [-0.2, -0.15) is 5.10 Å². The molecule has 1 atom stereocenters. The summed E-state index contributed by atoms with van der Waals surface area (Å²) in [5.74, 6) is -0.322. The summed E-state index contributed by atoms with van der Waals surface area (Å²) in [5, 5.41) is 6.23. The molecule has 2 aromatic rings. The van der Waals surface area contributed by atoms with Gasteiger partial charge in [0.05, 0.1) is 24.4 Å². The van der Waals surface area contributed by atoms with Crippen LogP contribution in [0.3, 0.4) is 0 Å². The number of thiophene rings is 1. The van der Waals surface area contributed by atoms with Gasteiger partial charge in [-0.25, -0.2) is 4.79 Å². The normalized spacial score (nSPS) is 12.4. The third-order valence-corrected chi connectivity index (χ3v) is 3.51. The first-order valence-electron chi connectivity index (χ1n) is 5.47. The molecule has 0 radical (unpaired) electrons. The van der Waals surface area contributed by atoms with Gasteiger partial charge in [0.2, 0.25) is 0 Å². The molecule has 4 nitrogen and oxygen atoms in total. The summed E-state index contributed by atoms with van der Waals surface area (Å²) in [6.45, 7) is 4.22. The summed E-state index contributed by atoms with van der Waals surface area (Å²) in [6, 6.07) is 4.20. The van der Waals surface area contributed by atoms with E-state index in [2.05, 4.69) is 11.2 Å². The Morgan fingerprint density at radius 3 is 3.12 bits per heavy atom. The van der Waals surface area contributed by atoms with E-state index < -0.39 is 0 Å². The van der Waals surface area contributed by atoms with Crippen LogP contribution in [0.5, 0.6) is 0 Å². The van der Waals surface area contributed by atoms with Gasteiger partial charge in [0.15, 0.2) is 0 Å². The van der Waals surface area contributed by atoms with Crippen molar-refractivity contribution in [1.82, 2.24) is 9.78 Å². The van der Waals surface area contributed by atoms with Gasteiger partial charge in [0.1, 0.15) is 0 Å². The number of hydrogen-bond donors (Lipinski definition) is 0. The van der Waals surface area contributed by atoms with Crippen molar-refractivity contribution in [3.8, 4) is 0 Å². The molecule has 0 aliphatic rings. The summed E-state index contributed by atoms with van der Waals surface area (Å²) in [7, 11) is 0. The van der Waals surface area contributed by atoms with Crippen LogP contribution < -0.4 is 0 Å². The van der Waals surface area contributed by atoms with Gasteiger partial charge in [0, 0.05) is 11.1 Å². The fourth-order valence-corrected chi connectivity index (χ4v) is 2.31. The van der Waals surface area contributed by atoms with E-state index in [-0.39, 0.29) is 12.0 Å². The van der Waals surface area contributed by atoms with E-state index in [4.69, 9.17) is 4.74 Å². The molecule has 0 aliphatic heterocycles. The third-order valence-electron chi connectivity index (χ3n) is 2.46. The Bertz CT molecular complexity index is 490. The Balaban J connectivity index is 2.15. The topological polar surface area (TPSA) is 44.1 Å². The van der Waals surface area contributed by atoms with E-state index in [1.165, 1.54) is 4.88 Å². The Morgan fingerprint density at radius 2 is 2.47 bits per heavy atom. The second-order valence-electron chi connectivity index (χ2n) is 3.62. The van der Waals surface area contributed by atoms with Gasteiger partial charge in [-0.15, -0.1) is 11.3 Å². The standard InChI is InChI=1S/C12H14N2O2S/c1-3-16-12(15)10-7-13-14(8-10)9(2)11-5-4-6-17-11/h4-9H,3H2,1-2H3. The summed E-state index contributed by atoms with van der Waals surface area (Å²) >= 11 is 1.68. The third kappa shape index (κ3) is 2.55. The zero-order chi connectivity index (χ0) is 12.3. The molecule has 0 bridgehead atoms. The predicted octanol–water partition coefficient (Wildman–Crippen LogP) is 2.73. The van der Waals surface area contributed by atoms with Gasteiger partial charge in [-0.05, 0) is 25.3 Å². The molecule has 0 fully saturated rings. The molecular formula is C12H14N2O2S. The van der Waals surface area contributed by atoms with Crippen molar-refractivity contribution in [1.29, 1.82) is 0 Å². The maximum absolute atomic E-state index is 11.5. The van der Waals surface area contributed by atoms with Crippen LogP contribution in [0.4, 0.5) is 0 Å². The Labute approximate surface area is 104 Å². The summed E-state index contributed by atoms with van der Waals surface area (Å²) in [5.41, 5.74) is 0.496. The lowest BCUT2D eigenvalue weighted by Gasteiger charge is -2.09. The van der Waals surface area contributed by atoms with Crippen molar-refractivity contribution in [2.24, 2.45) is 0 Å². The van der Waals surface area contributed by atoms with Crippen LogP contribution in [0.25, 0.3) is 0 Å². The van der Waals surface area contributed by atoms with Gasteiger partial charge >= 0.3 is 5.97 Å². The van der Waals surface area contributed by atoms with Crippen LogP contribution in [0.15, 0.2) is 29.9 Å². The van der Waals surface area contributed by atoms with Gasteiger partial charge < -0.3 is 4.74 Å². The molecule has 17 heavy (non-hydrogen) atoms. The smallest absolute Gasteiger partial charge is 0.341 e. The monoisotopic (exact) mass is 250 g/mol. The zero-order valence-corrected chi connectivity index (χ0v) is 10.6. The lowest BCUT2D eigenvalue weighted by Crippen LogP contribution is -2.06. The average Bonchev–Trinajstić information content (AvgIpc) is 3.00. The number of rotatable bonds is 4. The van der Waals surface area contributed by atoms with Gasteiger partial charge in [0.25, 0.3) is 0 Å². The second kappa shape index (κ2) is 5.14. The van der Waals surface area contributed by atoms with Crippen molar-refractivity contribution in [2.45, 2.75) is 19.9 Å². The molecule has 0 saturated carbocycles. The van der Waals surface area contributed by atoms with Gasteiger partial charge in [-0.3, -0.25) is 4.68 Å². The zero-order valence-electron chi connectivity index (χ0n) is 9.79. The number of nitrogens with zero attached hydrogens (tertiary/aromatic N) is 2. The van der Waals surface area contributed by atoms with Crippen LogP contribution in [0.2, 0.25) is 0 Å². The highest BCUT2D eigenvalue weighted by Crippen LogP contribution is 2.22. The molecule has 90 valence electrons. The minimum atomic E-state index is -0.322. The quantitative estimate of drug-likeness (QED) is 0.784. The number of hydrogen-bond acceptors (Lipinski definition) is 4. The average molecular weight is 250 g/mol. The molecule has 2 aromatic heterocycles. The molecule has 2 heterocycles. The van der Waals surface area contributed by atoms with E-state index >= 15 is 0 Å². The lowest BCUT2D eigenvalue weighted by molar-refractivity contribution is 0.0526. The van der Waals surface area contributed by atoms with E-state index in [9.17, 15) is 4.79 Å². The van der Waals surface area contributed by atoms with Crippen molar-refractivity contribution in [2.75, 3.05) is 6.61 Å². The first-order valence-corrected chi connectivity index (χ1v) is 6.35. The van der Waals surface area contributed by atoms with Crippen LogP contribution in [0.1, 0.15) is 35.1 Å². The number of carbonyl (C=O) groups is 1. The predicted molar refractivity (Wildman–Crippen MR) is 66.3 cm³/mol. The molecule has 0 N–H and O–H groups in total. The lowest BCUT2D eigenvalue weighted by atomic mass is 10.3. The number of carbonyl (C=O) groups excluding carboxylic acids is 1. The van der Waals surface area contributed by atoms with Crippen molar-refractivity contribution in [3.63, 3.8) is 0 Å². The number of aromatic nitrogens is 2. The number of esters is 1. The Morgan fingerprint density at radius 1 is 1.65 bits per heavy atom. The fraction of sp³-hybridized carbons (Fsp3) is 0.333. The molecular weight excluding hydrogens is 236 g/mol. The van der Waals surface area contributed by atoms with Crippen molar-refractivity contribution >= 4 is 17.3 Å². The maximum atomic E-state index is 11.5. The molecule has 2 rings (SSSR count). The summed E-state index contributed by atoms with van der Waals surface area (Å²) < 4.78 is 6.70. The van der Waals surface area contributed by atoms with Crippen LogP contribution >= 0.6 is 11.3 Å². The molecule has 0 aromatic carbocycles. The second-order valence-corrected chi connectivity index (χ2v) is 4.60. The first-order chi connectivity index (χ1) is 8.22. The minimum absolute atomic E-state index is 0.137. The molecule has 5 heteroatoms. The minimum Gasteiger partial charge on any atom is -0.462 e. The SMILES string of the molecule is CCOC(=O)c1cnn(C(C)c2cccs2)c1. The summed E-state index contributed by atoms with van der Waals surface area (Å²) in [4.78, 5) is 12.7.